The fourth-order valence-corrected chi connectivity index (χ4v) is 5.79. The van der Waals surface area contributed by atoms with Gasteiger partial charge < -0.3 is 25.3 Å². The summed E-state index contributed by atoms with van der Waals surface area (Å²) >= 11 is 0. The quantitative estimate of drug-likeness (QED) is 0.158. The Morgan fingerprint density at radius 1 is 0.979 bits per heavy atom. The summed E-state index contributed by atoms with van der Waals surface area (Å²) in [6, 6.07) is 23.6. The number of anilines is 2. The lowest BCUT2D eigenvalue weighted by atomic mass is 9.82. The molecular formula is C40H47N3O5. The van der Waals surface area contributed by atoms with Gasteiger partial charge >= 0.3 is 0 Å². The third-order valence-electron chi connectivity index (χ3n) is 8.59. The normalized spacial score (nSPS) is 16.5. The lowest BCUT2D eigenvalue weighted by molar-refractivity contribution is -0.139. The van der Waals surface area contributed by atoms with Crippen molar-refractivity contribution in [3.05, 3.63) is 131 Å². The lowest BCUT2D eigenvalue weighted by Crippen LogP contribution is -2.44. The second-order valence-corrected chi connectivity index (χ2v) is 12.6. The summed E-state index contributed by atoms with van der Waals surface area (Å²) < 4.78 is 0. The number of hydrogen-bond acceptors (Lipinski definition) is 5. The SMILES string of the molecule is CC(C)=CCC/C(C)=C/CN1C(=O)[C@](O)([C@H](C)/C=C/CC(=O)N(CCO)Cc2ccccc2)c2cc(NC(=O)c3ccccc3)ccc21. The van der Waals surface area contributed by atoms with Gasteiger partial charge in [-0.2, -0.15) is 0 Å². The highest BCUT2D eigenvalue weighted by Gasteiger charge is 2.52. The molecule has 0 spiro atoms. The number of nitrogens with zero attached hydrogens (tertiary/aromatic N) is 2. The topological polar surface area (TPSA) is 110 Å². The van der Waals surface area contributed by atoms with E-state index in [4.69, 9.17) is 0 Å². The number of fused-ring (bicyclic) bond motifs is 1. The van der Waals surface area contributed by atoms with Crippen molar-refractivity contribution in [2.45, 2.75) is 59.1 Å². The monoisotopic (exact) mass is 649 g/mol. The van der Waals surface area contributed by atoms with Crippen molar-refractivity contribution < 1.29 is 24.6 Å². The van der Waals surface area contributed by atoms with Crippen LogP contribution in [-0.2, 0) is 21.7 Å². The molecule has 0 unspecified atom stereocenters. The smallest absolute Gasteiger partial charge is 0.264 e. The minimum absolute atomic E-state index is 0.0405. The maximum Gasteiger partial charge on any atom is 0.264 e. The van der Waals surface area contributed by atoms with Gasteiger partial charge in [-0.1, -0.05) is 90.9 Å². The highest BCUT2D eigenvalue weighted by Crippen LogP contribution is 2.46. The molecule has 0 aliphatic carbocycles. The molecular weight excluding hydrogens is 602 g/mol. The second-order valence-electron chi connectivity index (χ2n) is 12.6. The van der Waals surface area contributed by atoms with Crippen LogP contribution >= 0.6 is 0 Å². The Hall–Kier alpha value is -4.79. The predicted molar refractivity (Wildman–Crippen MR) is 191 cm³/mol. The largest absolute Gasteiger partial charge is 0.395 e. The van der Waals surface area contributed by atoms with Crippen molar-refractivity contribution in [3.63, 3.8) is 0 Å². The van der Waals surface area contributed by atoms with Gasteiger partial charge in [0, 0.05) is 48.8 Å². The van der Waals surface area contributed by atoms with Gasteiger partial charge in [0.2, 0.25) is 5.91 Å². The first-order chi connectivity index (χ1) is 23.0. The van der Waals surface area contributed by atoms with E-state index >= 15 is 0 Å². The first kappa shape index (κ1) is 36.1. The summed E-state index contributed by atoms with van der Waals surface area (Å²) in [5, 5.41) is 24.7. The van der Waals surface area contributed by atoms with Crippen molar-refractivity contribution in [1.82, 2.24) is 4.90 Å². The molecule has 1 aliphatic rings. The van der Waals surface area contributed by atoms with Crippen LogP contribution < -0.4 is 10.2 Å². The van der Waals surface area contributed by atoms with Crippen LogP contribution in [0.25, 0.3) is 0 Å². The van der Waals surface area contributed by atoms with Crippen molar-refractivity contribution in [2.75, 3.05) is 29.9 Å². The molecule has 2 atom stereocenters. The molecule has 8 heteroatoms. The fraction of sp³-hybridized carbons (Fsp3) is 0.325. The van der Waals surface area contributed by atoms with Gasteiger partial charge in [0.05, 0.1) is 12.3 Å². The third-order valence-corrected chi connectivity index (χ3v) is 8.59. The Morgan fingerprint density at radius 2 is 1.67 bits per heavy atom. The van der Waals surface area contributed by atoms with Gasteiger partial charge in [-0.3, -0.25) is 14.4 Å². The molecule has 0 fully saturated rings. The minimum Gasteiger partial charge on any atom is -0.395 e. The number of allylic oxidation sites excluding steroid dienone is 3. The minimum atomic E-state index is -1.93. The van der Waals surface area contributed by atoms with Crippen LogP contribution in [0.1, 0.15) is 68.4 Å². The first-order valence-corrected chi connectivity index (χ1v) is 16.5. The average Bonchev–Trinajstić information content (AvgIpc) is 3.29. The number of benzene rings is 3. The van der Waals surface area contributed by atoms with E-state index in [1.807, 2.05) is 49.4 Å². The maximum atomic E-state index is 14.1. The van der Waals surface area contributed by atoms with E-state index in [1.165, 1.54) is 5.57 Å². The third kappa shape index (κ3) is 8.97. The van der Waals surface area contributed by atoms with E-state index in [9.17, 15) is 24.6 Å². The van der Waals surface area contributed by atoms with Gasteiger partial charge in [0.1, 0.15) is 0 Å². The Balaban J connectivity index is 1.58. The molecule has 0 aromatic heterocycles. The van der Waals surface area contributed by atoms with Crippen LogP contribution in [0.4, 0.5) is 11.4 Å². The molecule has 3 amide bonds. The molecule has 0 radical (unpaired) electrons. The molecule has 1 heterocycles. The summed E-state index contributed by atoms with van der Waals surface area (Å²) in [4.78, 5) is 43.4. The fourth-order valence-electron chi connectivity index (χ4n) is 5.79. The summed E-state index contributed by atoms with van der Waals surface area (Å²) in [5.41, 5.74) is 3.33. The van der Waals surface area contributed by atoms with Gasteiger partial charge in [0.25, 0.3) is 11.8 Å². The molecule has 0 saturated heterocycles. The highest BCUT2D eigenvalue weighted by atomic mass is 16.3. The van der Waals surface area contributed by atoms with E-state index in [-0.39, 0.29) is 37.9 Å². The van der Waals surface area contributed by atoms with Crippen LogP contribution in [-0.4, -0.2) is 52.5 Å². The van der Waals surface area contributed by atoms with E-state index in [1.54, 1.807) is 71.3 Å². The number of aliphatic hydroxyl groups excluding tert-OH is 1. The van der Waals surface area contributed by atoms with Crippen LogP contribution in [0.3, 0.4) is 0 Å². The average molecular weight is 650 g/mol. The molecule has 0 bridgehead atoms. The Bertz CT molecular complexity index is 1660. The Morgan fingerprint density at radius 3 is 2.33 bits per heavy atom. The zero-order chi connectivity index (χ0) is 34.7. The lowest BCUT2D eigenvalue weighted by Gasteiger charge is -2.28. The zero-order valence-electron chi connectivity index (χ0n) is 28.4. The Kier molecular flexibility index (Phi) is 12.7. The number of hydrogen-bond donors (Lipinski definition) is 3. The van der Waals surface area contributed by atoms with Gasteiger partial charge in [-0.05, 0) is 69.5 Å². The standard InChI is InChI=1S/C40H47N3O5/c1-29(2)13-11-14-30(3)23-24-43-36-22-21-34(41-38(46)33-18-9-6-10-19-33)27-35(36)40(48,39(43)47)31(4)15-12-20-37(45)42(25-26-44)28-32-16-7-5-8-17-32/h5-10,12-13,15-19,21-23,27,31,44,48H,11,14,20,24-26,28H2,1-4H3,(H,41,46)/b15-12+,30-23+/t31-,40+/m1/s1. The summed E-state index contributed by atoms with van der Waals surface area (Å²) in [6.07, 6.45) is 9.37. The van der Waals surface area contributed by atoms with Gasteiger partial charge in [-0.25, -0.2) is 0 Å². The molecule has 3 N–H and O–H groups in total. The number of nitrogens with one attached hydrogen (secondary N) is 1. The number of aliphatic hydroxyl groups is 2. The van der Waals surface area contributed by atoms with Crippen LogP contribution in [0.15, 0.2) is 114 Å². The maximum absolute atomic E-state index is 14.1. The zero-order valence-corrected chi connectivity index (χ0v) is 28.4. The van der Waals surface area contributed by atoms with Crippen LogP contribution in [0, 0.1) is 5.92 Å². The van der Waals surface area contributed by atoms with E-state index in [0.717, 1.165) is 24.0 Å². The number of carbonyl (C=O) groups is 3. The second kappa shape index (κ2) is 16.9. The Labute approximate surface area is 284 Å². The highest BCUT2D eigenvalue weighted by molar-refractivity contribution is 6.09. The molecule has 3 aromatic carbocycles. The summed E-state index contributed by atoms with van der Waals surface area (Å²) in [6.45, 7) is 8.61. The van der Waals surface area contributed by atoms with Crippen LogP contribution in [0.2, 0.25) is 0 Å². The molecule has 252 valence electrons. The van der Waals surface area contributed by atoms with Crippen molar-refractivity contribution in [1.29, 1.82) is 0 Å². The first-order valence-electron chi connectivity index (χ1n) is 16.5. The predicted octanol–water partition coefficient (Wildman–Crippen LogP) is 6.77. The molecule has 4 rings (SSSR count). The molecule has 0 saturated carbocycles. The van der Waals surface area contributed by atoms with E-state index in [2.05, 4.69) is 25.2 Å². The summed E-state index contributed by atoms with van der Waals surface area (Å²) in [5.74, 6) is -1.65. The summed E-state index contributed by atoms with van der Waals surface area (Å²) in [7, 11) is 0. The van der Waals surface area contributed by atoms with Crippen molar-refractivity contribution in [2.24, 2.45) is 5.92 Å². The van der Waals surface area contributed by atoms with Crippen molar-refractivity contribution >= 4 is 29.1 Å². The molecule has 8 nitrogen and oxygen atoms in total. The van der Waals surface area contributed by atoms with Gasteiger partial charge in [-0.15, -0.1) is 0 Å². The molecule has 48 heavy (non-hydrogen) atoms. The van der Waals surface area contributed by atoms with Crippen molar-refractivity contribution in [3.8, 4) is 0 Å². The van der Waals surface area contributed by atoms with E-state index < -0.39 is 17.4 Å². The molecule has 1 aliphatic heterocycles. The number of carbonyl (C=O) groups excluding carboxylic acids is 3. The number of rotatable bonds is 15. The van der Waals surface area contributed by atoms with Gasteiger partial charge in [0.15, 0.2) is 5.60 Å². The van der Waals surface area contributed by atoms with E-state index in [0.29, 0.717) is 29.0 Å². The van der Waals surface area contributed by atoms with Crippen LogP contribution in [0.5, 0.6) is 0 Å². The molecule has 3 aromatic rings. The number of amides is 3.